The van der Waals surface area contributed by atoms with Crippen LogP contribution in [-0.2, 0) is 24.2 Å². The Balaban J connectivity index is 0.00000240. The number of nitrogens with zero attached hydrogens (tertiary/aromatic N) is 3. The van der Waals surface area contributed by atoms with Crippen molar-refractivity contribution in [2.45, 2.75) is 26.4 Å². The number of aliphatic imine (C=N–C) groups is 1. The van der Waals surface area contributed by atoms with Crippen LogP contribution >= 0.6 is 24.0 Å². The molecular formula is C23H31IN4O. The summed E-state index contributed by atoms with van der Waals surface area (Å²) < 4.78 is 5.45. The Kier molecular flexibility index (Phi) is 8.32. The van der Waals surface area contributed by atoms with Crippen LogP contribution in [0.1, 0.15) is 23.6 Å². The van der Waals surface area contributed by atoms with Crippen LogP contribution in [0, 0.1) is 0 Å². The van der Waals surface area contributed by atoms with Gasteiger partial charge >= 0.3 is 0 Å². The SMILES string of the molecule is CCNC(=NCc1cccc(CN2CCOCC2)c1)N1CCc2ccccc21.I. The van der Waals surface area contributed by atoms with E-state index in [-0.39, 0.29) is 24.0 Å². The number of benzene rings is 2. The van der Waals surface area contributed by atoms with Gasteiger partial charge in [0.2, 0.25) is 0 Å². The Labute approximate surface area is 191 Å². The fraction of sp³-hybridized carbons (Fsp3) is 0.435. The molecule has 2 aliphatic rings. The van der Waals surface area contributed by atoms with Crippen molar-refractivity contribution in [1.29, 1.82) is 0 Å². The van der Waals surface area contributed by atoms with Gasteiger partial charge in [-0.3, -0.25) is 4.90 Å². The molecule has 0 saturated carbocycles. The highest BCUT2D eigenvalue weighted by atomic mass is 127. The lowest BCUT2D eigenvalue weighted by Gasteiger charge is -2.26. The van der Waals surface area contributed by atoms with Crippen molar-refractivity contribution in [3.63, 3.8) is 0 Å². The van der Waals surface area contributed by atoms with Crippen LogP contribution in [0.3, 0.4) is 0 Å². The molecule has 2 heterocycles. The van der Waals surface area contributed by atoms with Gasteiger partial charge in [-0.25, -0.2) is 4.99 Å². The van der Waals surface area contributed by atoms with E-state index in [2.05, 4.69) is 70.6 Å². The standard InChI is InChI=1S/C23H30N4O.HI/c1-2-24-23(27-11-10-21-8-3-4-9-22(21)27)25-17-19-6-5-7-20(16-19)18-26-12-14-28-15-13-26;/h3-9,16H,2,10-15,17-18H2,1H3,(H,24,25);1H. The summed E-state index contributed by atoms with van der Waals surface area (Å²) in [6, 6.07) is 17.5. The molecule has 29 heavy (non-hydrogen) atoms. The number of halogens is 1. The van der Waals surface area contributed by atoms with E-state index in [0.29, 0.717) is 6.54 Å². The van der Waals surface area contributed by atoms with E-state index in [1.54, 1.807) is 0 Å². The fourth-order valence-corrected chi connectivity index (χ4v) is 3.96. The molecule has 4 rings (SSSR count). The molecule has 0 aromatic heterocycles. The van der Waals surface area contributed by atoms with Crippen molar-refractivity contribution >= 4 is 35.6 Å². The third-order valence-corrected chi connectivity index (χ3v) is 5.39. The topological polar surface area (TPSA) is 40.1 Å². The number of nitrogens with one attached hydrogen (secondary N) is 1. The third-order valence-electron chi connectivity index (χ3n) is 5.39. The van der Waals surface area contributed by atoms with Gasteiger partial charge in [-0.15, -0.1) is 24.0 Å². The first-order valence-electron chi connectivity index (χ1n) is 10.3. The first-order valence-corrected chi connectivity index (χ1v) is 10.3. The number of guanidine groups is 1. The second-order valence-electron chi connectivity index (χ2n) is 7.41. The van der Waals surface area contributed by atoms with Gasteiger partial charge in [0, 0.05) is 38.4 Å². The summed E-state index contributed by atoms with van der Waals surface area (Å²) in [5.74, 6) is 0.978. The Hall–Kier alpha value is -1.64. The first kappa shape index (κ1) is 22.1. The molecule has 0 atom stereocenters. The highest BCUT2D eigenvalue weighted by molar-refractivity contribution is 14.0. The molecule has 1 N–H and O–H groups in total. The molecular weight excluding hydrogens is 475 g/mol. The maximum absolute atomic E-state index is 5.45. The molecule has 1 saturated heterocycles. The minimum absolute atomic E-state index is 0. The number of hydrogen-bond donors (Lipinski definition) is 1. The molecule has 2 aliphatic heterocycles. The number of ether oxygens (including phenoxy) is 1. The zero-order valence-electron chi connectivity index (χ0n) is 17.1. The van der Waals surface area contributed by atoms with Crippen LogP contribution in [0.25, 0.3) is 0 Å². The van der Waals surface area contributed by atoms with E-state index in [1.165, 1.54) is 22.4 Å². The fourth-order valence-electron chi connectivity index (χ4n) is 3.96. The summed E-state index contributed by atoms with van der Waals surface area (Å²) in [6.07, 6.45) is 1.08. The molecule has 0 bridgehead atoms. The quantitative estimate of drug-likeness (QED) is 0.382. The van der Waals surface area contributed by atoms with Crippen LogP contribution in [0.2, 0.25) is 0 Å². The van der Waals surface area contributed by atoms with E-state index >= 15 is 0 Å². The van der Waals surface area contributed by atoms with Gasteiger partial charge in [0.05, 0.1) is 19.8 Å². The summed E-state index contributed by atoms with van der Waals surface area (Å²) in [6.45, 7) is 9.37. The Morgan fingerprint density at radius 1 is 1.03 bits per heavy atom. The third kappa shape index (κ3) is 5.71. The van der Waals surface area contributed by atoms with Crippen molar-refractivity contribution in [3.05, 3.63) is 65.2 Å². The number of fused-ring (bicyclic) bond motifs is 1. The molecule has 5 nitrogen and oxygen atoms in total. The summed E-state index contributed by atoms with van der Waals surface area (Å²) in [5, 5.41) is 3.47. The summed E-state index contributed by atoms with van der Waals surface area (Å²) in [5.41, 5.74) is 5.30. The molecule has 6 heteroatoms. The normalized spacial score (nSPS) is 17.0. The first-order chi connectivity index (χ1) is 13.8. The molecule has 0 radical (unpaired) electrons. The Morgan fingerprint density at radius 2 is 1.83 bits per heavy atom. The van der Waals surface area contributed by atoms with Crippen molar-refractivity contribution in [3.8, 4) is 0 Å². The van der Waals surface area contributed by atoms with Crippen LogP contribution < -0.4 is 10.2 Å². The largest absolute Gasteiger partial charge is 0.379 e. The van der Waals surface area contributed by atoms with E-state index in [1.807, 2.05) is 0 Å². The minimum atomic E-state index is 0. The number of morpholine rings is 1. The highest BCUT2D eigenvalue weighted by Crippen LogP contribution is 2.27. The van der Waals surface area contributed by atoms with Crippen molar-refractivity contribution in [1.82, 2.24) is 10.2 Å². The Bertz CT molecular complexity index is 820. The van der Waals surface area contributed by atoms with Crippen LogP contribution in [-0.4, -0.2) is 50.3 Å². The van der Waals surface area contributed by atoms with Crippen LogP contribution in [0.15, 0.2) is 53.5 Å². The molecule has 2 aromatic carbocycles. The smallest absolute Gasteiger partial charge is 0.198 e. The van der Waals surface area contributed by atoms with E-state index < -0.39 is 0 Å². The molecule has 1 fully saturated rings. The number of hydrogen-bond acceptors (Lipinski definition) is 3. The van der Waals surface area contributed by atoms with Gasteiger partial charge in [-0.05, 0) is 36.1 Å². The molecule has 0 spiro atoms. The number of rotatable bonds is 5. The summed E-state index contributed by atoms with van der Waals surface area (Å²) in [7, 11) is 0. The van der Waals surface area contributed by atoms with Crippen molar-refractivity contribution in [2.24, 2.45) is 4.99 Å². The predicted octanol–water partition coefficient (Wildman–Crippen LogP) is 3.67. The maximum Gasteiger partial charge on any atom is 0.198 e. The molecule has 2 aromatic rings. The highest BCUT2D eigenvalue weighted by Gasteiger charge is 2.22. The second-order valence-corrected chi connectivity index (χ2v) is 7.41. The van der Waals surface area contributed by atoms with Gasteiger partial charge in [-0.2, -0.15) is 0 Å². The van der Waals surface area contributed by atoms with Crippen LogP contribution in [0.4, 0.5) is 5.69 Å². The maximum atomic E-state index is 5.45. The summed E-state index contributed by atoms with van der Waals surface area (Å²) in [4.78, 5) is 9.72. The van der Waals surface area contributed by atoms with E-state index in [4.69, 9.17) is 9.73 Å². The second kappa shape index (κ2) is 10.9. The predicted molar refractivity (Wildman–Crippen MR) is 130 cm³/mol. The minimum Gasteiger partial charge on any atom is -0.379 e. The van der Waals surface area contributed by atoms with Crippen molar-refractivity contribution < 1.29 is 4.74 Å². The number of anilines is 1. The lowest BCUT2D eigenvalue weighted by Crippen LogP contribution is -2.40. The van der Waals surface area contributed by atoms with E-state index in [0.717, 1.165) is 58.3 Å². The zero-order valence-corrected chi connectivity index (χ0v) is 19.5. The average molecular weight is 506 g/mol. The van der Waals surface area contributed by atoms with E-state index in [9.17, 15) is 0 Å². The molecule has 0 aliphatic carbocycles. The van der Waals surface area contributed by atoms with Gasteiger partial charge in [0.25, 0.3) is 0 Å². The zero-order chi connectivity index (χ0) is 19.2. The van der Waals surface area contributed by atoms with Gasteiger partial charge in [0.1, 0.15) is 0 Å². The Morgan fingerprint density at radius 3 is 2.66 bits per heavy atom. The number of para-hydroxylation sites is 1. The molecule has 0 unspecified atom stereocenters. The van der Waals surface area contributed by atoms with Gasteiger partial charge < -0.3 is 15.0 Å². The average Bonchev–Trinajstić information content (AvgIpc) is 3.16. The monoisotopic (exact) mass is 506 g/mol. The van der Waals surface area contributed by atoms with Crippen LogP contribution in [0.5, 0.6) is 0 Å². The lowest BCUT2D eigenvalue weighted by atomic mass is 10.1. The van der Waals surface area contributed by atoms with Gasteiger partial charge in [-0.1, -0.05) is 42.5 Å². The molecule has 0 amide bonds. The summed E-state index contributed by atoms with van der Waals surface area (Å²) >= 11 is 0. The lowest BCUT2D eigenvalue weighted by molar-refractivity contribution is 0.0342. The molecule has 156 valence electrons. The van der Waals surface area contributed by atoms with Crippen molar-refractivity contribution in [2.75, 3.05) is 44.3 Å². The van der Waals surface area contributed by atoms with Gasteiger partial charge in [0.15, 0.2) is 5.96 Å².